The molecule has 0 amide bonds. The molecule has 1 atom stereocenters. The van der Waals surface area contributed by atoms with Gasteiger partial charge in [-0.05, 0) is 30.3 Å². The third-order valence-electron chi connectivity index (χ3n) is 4.00. The van der Waals surface area contributed by atoms with Crippen LogP contribution in [0.5, 0.6) is 0 Å². The Morgan fingerprint density at radius 3 is 2.67 bits per heavy atom. The van der Waals surface area contributed by atoms with Crippen LogP contribution in [0.15, 0.2) is 66.1 Å². The molecule has 0 bridgehead atoms. The van der Waals surface area contributed by atoms with Crippen molar-refractivity contribution in [3.05, 3.63) is 83.2 Å². The summed E-state index contributed by atoms with van der Waals surface area (Å²) in [6.45, 7) is 0. The molecule has 1 aromatic heterocycles. The number of halogens is 1. The zero-order chi connectivity index (χ0) is 19.2. The minimum absolute atomic E-state index is 0.187. The van der Waals surface area contributed by atoms with Crippen molar-refractivity contribution in [1.82, 2.24) is 20.2 Å². The van der Waals surface area contributed by atoms with Gasteiger partial charge < -0.3 is 15.6 Å². The lowest BCUT2D eigenvalue weighted by Crippen LogP contribution is -2.98. The fourth-order valence-electron chi connectivity index (χ4n) is 2.81. The van der Waals surface area contributed by atoms with Crippen LogP contribution in [0.2, 0.25) is 0 Å². The van der Waals surface area contributed by atoms with E-state index in [4.69, 9.17) is 0 Å². The smallest absolute Gasteiger partial charge is 0.247 e. The molecule has 3 heterocycles. The van der Waals surface area contributed by atoms with E-state index in [0.717, 1.165) is 6.26 Å². The molecule has 2 aliphatic rings. The van der Waals surface area contributed by atoms with Gasteiger partial charge in [0.1, 0.15) is 18.2 Å². The Morgan fingerprint density at radius 1 is 1.22 bits per heavy atom. The Morgan fingerprint density at radius 2 is 1.96 bits per heavy atom. The monoisotopic (exact) mass is 387 g/mol. The van der Waals surface area contributed by atoms with Crippen LogP contribution in [0, 0.1) is 11.0 Å². The lowest BCUT2D eigenvalue weighted by atomic mass is 10.1. The Hall–Kier alpha value is -3.08. The Bertz CT molecular complexity index is 1110. The number of nitrogens with zero attached hydrogens (tertiary/aromatic N) is 3. The van der Waals surface area contributed by atoms with Crippen LogP contribution in [-0.4, -0.2) is 29.5 Å². The van der Waals surface area contributed by atoms with Gasteiger partial charge in [0.25, 0.3) is 0 Å². The van der Waals surface area contributed by atoms with Gasteiger partial charge in [-0.25, -0.2) is 22.8 Å². The van der Waals surface area contributed by atoms with Crippen molar-refractivity contribution in [3.63, 3.8) is 0 Å². The zero-order valence-electron chi connectivity index (χ0n) is 14.0. The highest BCUT2D eigenvalue weighted by Crippen LogP contribution is 2.36. The van der Waals surface area contributed by atoms with E-state index in [1.165, 1.54) is 30.7 Å². The van der Waals surface area contributed by atoms with E-state index in [1.807, 2.05) is 0 Å². The molecule has 0 saturated carbocycles. The predicted octanol–water partition coefficient (Wildman–Crippen LogP) is 0.417. The molecule has 2 aliphatic heterocycles. The number of quaternary nitrogens is 1. The van der Waals surface area contributed by atoms with Crippen molar-refractivity contribution in [2.45, 2.75) is 5.16 Å². The Kier molecular flexibility index (Phi) is 4.02. The highest BCUT2D eigenvalue weighted by Gasteiger charge is 2.32. The molecule has 0 spiro atoms. The summed E-state index contributed by atoms with van der Waals surface area (Å²) in [5.41, 5.74) is 2.10. The summed E-state index contributed by atoms with van der Waals surface area (Å²) < 4.78 is 37.0. The minimum Gasteiger partial charge on any atom is -0.624 e. The van der Waals surface area contributed by atoms with Crippen molar-refractivity contribution < 1.29 is 17.9 Å². The first kappa shape index (κ1) is 17.3. The molecule has 0 saturated heterocycles. The van der Waals surface area contributed by atoms with Crippen LogP contribution in [0.4, 0.5) is 4.39 Å². The summed E-state index contributed by atoms with van der Waals surface area (Å²) in [4.78, 5) is 9.67. The number of hydroxylamine groups is 2. The van der Waals surface area contributed by atoms with Crippen molar-refractivity contribution in [3.8, 4) is 0 Å². The van der Waals surface area contributed by atoms with E-state index in [9.17, 15) is 18.0 Å². The lowest BCUT2D eigenvalue weighted by Gasteiger charge is -2.24. The summed E-state index contributed by atoms with van der Waals surface area (Å²) in [6, 6.07) is 7.37. The molecule has 1 aromatic carbocycles. The third kappa shape index (κ3) is 3.21. The van der Waals surface area contributed by atoms with E-state index >= 15 is 0 Å². The second-order valence-electron chi connectivity index (χ2n) is 5.97. The fourth-order valence-corrected chi connectivity index (χ4v) is 3.32. The Labute approximate surface area is 154 Å². The molecule has 2 N–H and O–H groups in total. The molecule has 2 aromatic rings. The number of aromatic nitrogens is 2. The lowest BCUT2D eigenvalue weighted by molar-refractivity contribution is -0.732. The van der Waals surface area contributed by atoms with Gasteiger partial charge in [-0.2, -0.15) is 0 Å². The highest BCUT2D eigenvalue weighted by atomic mass is 32.2. The number of hydrogen-bond acceptors (Lipinski definition) is 7. The molecule has 0 radical (unpaired) electrons. The second-order valence-corrected chi connectivity index (χ2v) is 7.88. The summed E-state index contributed by atoms with van der Waals surface area (Å²) in [6.07, 6.45) is 6.75. The largest absolute Gasteiger partial charge is 0.624 e. The van der Waals surface area contributed by atoms with Crippen LogP contribution < -0.4 is 10.4 Å². The molecule has 0 fully saturated rings. The van der Waals surface area contributed by atoms with Gasteiger partial charge in [0.05, 0.1) is 23.3 Å². The van der Waals surface area contributed by atoms with Crippen molar-refractivity contribution in [2.24, 2.45) is 0 Å². The maximum atomic E-state index is 13.3. The van der Waals surface area contributed by atoms with Crippen LogP contribution in [-0.2, 0) is 9.84 Å². The molecule has 138 valence electrons. The predicted molar refractivity (Wildman–Crippen MR) is 94.9 cm³/mol. The molecule has 8 nitrogen and oxygen atoms in total. The first-order valence-corrected chi connectivity index (χ1v) is 9.76. The molecule has 27 heavy (non-hydrogen) atoms. The minimum atomic E-state index is -3.60. The molecular formula is C17H14FN5O3S. The van der Waals surface area contributed by atoms with E-state index in [2.05, 4.69) is 15.3 Å². The summed E-state index contributed by atoms with van der Waals surface area (Å²) in [5.74, 6) is 0.114. The number of nitrogens with one attached hydrogen (secondary N) is 2. The highest BCUT2D eigenvalue weighted by molar-refractivity contribution is 7.90. The molecule has 0 aliphatic carbocycles. The normalized spacial score (nSPS) is 19.0. The number of fused-ring (bicyclic) bond motifs is 1. The Balaban J connectivity index is 1.92. The molecule has 4 rings (SSSR count). The SMILES string of the molecule is CS(=O)(=O)c1nccc(C2=C(c3ccc(F)cc3)NC3=C[NH+]([O-])C=CN32)n1. The maximum Gasteiger partial charge on any atom is 0.247 e. The van der Waals surface area contributed by atoms with E-state index in [1.54, 1.807) is 29.3 Å². The van der Waals surface area contributed by atoms with E-state index in [-0.39, 0.29) is 16.0 Å². The number of sulfone groups is 1. The van der Waals surface area contributed by atoms with Gasteiger partial charge in [0.2, 0.25) is 15.0 Å². The second kappa shape index (κ2) is 6.27. The quantitative estimate of drug-likeness (QED) is 0.581. The topological polar surface area (TPSA) is 103 Å². The number of hydrogen-bond donors (Lipinski definition) is 2. The third-order valence-corrected chi connectivity index (χ3v) is 4.86. The zero-order valence-corrected chi connectivity index (χ0v) is 14.9. The maximum absolute atomic E-state index is 13.3. The van der Waals surface area contributed by atoms with Gasteiger partial charge in [0.15, 0.2) is 5.82 Å². The van der Waals surface area contributed by atoms with Gasteiger partial charge in [-0.1, -0.05) is 0 Å². The van der Waals surface area contributed by atoms with Crippen LogP contribution >= 0.6 is 0 Å². The standard InChI is InChI=1S/C17H14FN5O3S/c1-27(25,26)17-19-7-6-13(20-17)16-15(11-2-4-12(18)5-3-11)21-14-10-22(24)8-9-23(14)16/h2-10,21-22H,1H3. The molecular weight excluding hydrogens is 373 g/mol. The van der Waals surface area contributed by atoms with Crippen LogP contribution in [0.3, 0.4) is 0 Å². The van der Waals surface area contributed by atoms with Gasteiger partial charge >= 0.3 is 0 Å². The van der Waals surface area contributed by atoms with Gasteiger partial charge in [0, 0.05) is 18.0 Å². The van der Waals surface area contributed by atoms with Gasteiger partial charge in [-0.3, -0.25) is 4.90 Å². The van der Waals surface area contributed by atoms with Crippen molar-refractivity contribution >= 4 is 21.2 Å². The summed E-state index contributed by atoms with van der Waals surface area (Å²) >= 11 is 0. The van der Waals surface area contributed by atoms with Crippen LogP contribution in [0.25, 0.3) is 11.4 Å². The number of rotatable bonds is 3. The molecule has 10 heteroatoms. The first-order valence-electron chi connectivity index (χ1n) is 7.87. The van der Waals surface area contributed by atoms with Crippen molar-refractivity contribution in [1.29, 1.82) is 0 Å². The average Bonchev–Trinajstić information content (AvgIpc) is 3.00. The van der Waals surface area contributed by atoms with Crippen molar-refractivity contribution in [2.75, 3.05) is 6.26 Å². The fraction of sp³-hybridized carbons (Fsp3) is 0.0588. The van der Waals surface area contributed by atoms with Gasteiger partial charge in [-0.15, -0.1) is 0 Å². The van der Waals surface area contributed by atoms with Crippen LogP contribution in [0.1, 0.15) is 11.3 Å². The average molecular weight is 387 g/mol. The first-order chi connectivity index (χ1) is 12.8. The summed E-state index contributed by atoms with van der Waals surface area (Å²) in [7, 11) is -3.60. The van der Waals surface area contributed by atoms with E-state index in [0.29, 0.717) is 28.5 Å². The van der Waals surface area contributed by atoms with E-state index < -0.39 is 9.84 Å². The summed E-state index contributed by atoms with van der Waals surface area (Å²) in [5, 5.41) is 14.4. The molecule has 1 unspecified atom stereocenters. The number of benzene rings is 1.